The highest BCUT2D eigenvalue weighted by Crippen LogP contribution is 2.38. The van der Waals surface area contributed by atoms with Crippen molar-refractivity contribution in [2.45, 2.75) is 32.7 Å². The molecule has 1 aliphatic carbocycles. The molecular formula is C19H24N4O3S2. The number of carbonyl (C=O) groups excluding carboxylic acids is 3. The first-order valence-corrected chi connectivity index (χ1v) is 10.9. The number of nitrogens with two attached hydrogens (primary N) is 1. The largest absolute Gasteiger partial charge is 0.365 e. The fourth-order valence-electron chi connectivity index (χ4n) is 3.26. The van der Waals surface area contributed by atoms with Gasteiger partial charge in [-0.3, -0.25) is 19.3 Å². The van der Waals surface area contributed by atoms with Crippen LogP contribution in [0.5, 0.6) is 0 Å². The van der Waals surface area contributed by atoms with Gasteiger partial charge in [0.1, 0.15) is 5.00 Å². The van der Waals surface area contributed by atoms with Crippen LogP contribution in [0.2, 0.25) is 0 Å². The molecule has 0 saturated heterocycles. The van der Waals surface area contributed by atoms with Gasteiger partial charge in [-0.15, -0.1) is 22.7 Å². The highest BCUT2D eigenvalue weighted by Gasteiger charge is 2.26. The number of fused-ring (bicyclic) bond motifs is 1. The maximum absolute atomic E-state index is 12.5. The van der Waals surface area contributed by atoms with Crippen LogP contribution in [0.4, 0.5) is 5.00 Å². The van der Waals surface area contributed by atoms with E-state index >= 15 is 0 Å². The summed E-state index contributed by atoms with van der Waals surface area (Å²) in [6, 6.07) is 3.90. The maximum Gasteiger partial charge on any atom is 0.251 e. The summed E-state index contributed by atoms with van der Waals surface area (Å²) in [4.78, 5) is 40.4. The van der Waals surface area contributed by atoms with E-state index in [4.69, 9.17) is 5.73 Å². The lowest BCUT2D eigenvalue weighted by molar-refractivity contribution is -0.123. The number of carbonyl (C=O) groups is 3. The van der Waals surface area contributed by atoms with Crippen LogP contribution in [-0.4, -0.2) is 42.3 Å². The lowest BCUT2D eigenvalue weighted by Gasteiger charge is -2.19. The van der Waals surface area contributed by atoms with E-state index in [1.54, 1.807) is 16.2 Å². The molecule has 28 heavy (non-hydrogen) atoms. The first-order chi connectivity index (χ1) is 13.5. The molecule has 0 radical (unpaired) electrons. The Morgan fingerprint density at radius 1 is 1.21 bits per heavy atom. The number of primary amides is 1. The number of amides is 3. The minimum atomic E-state index is -0.505. The van der Waals surface area contributed by atoms with Crippen LogP contribution in [0.15, 0.2) is 17.5 Å². The van der Waals surface area contributed by atoms with Crippen molar-refractivity contribution in [3.63, 3.8) is 0 Å². The van der Waals surface area contributed by atoms with Crippen molar-refractivity contribution in [3.05, 3.63) is 38.4 Å². The molecule has 1 aliphatic rings. The number of thiophene rings is 2. The Balaban J connectivity index is 1.54. The predicted molar refractivity (Wildman–Crippen MR) is 112 cm³/mol. The smallest absolute Gasteiger partial charge is 0.251 e. The van der Waals surface area contributed by atoms with E-state index in [0.717, 1.165) is 34.6 Å². The summed E-state index contributed by atoms with van der Waals surface area (Å²) in [6.07, 6.45) is 2.76. The van der Waals surface area contributed by atoms with Gasteiger partial charge in [-0.25, -0.2) is 0 Å². The van der Waals surface area contributed by atoms with Crippen molar-refractivity contribution in [1.29, 1.82) is 0 Å². The molecule has 0 bridgehead atoms. The number of nitrogens with one attached hydrogen (secondary N) is 2. The highest BCUT2D eigenvalue weighted by atomic mass is 32.1. The molecule has 2 heterocycles. The van der Waals surface area contributed by atoms with Crippen molar-refractivity contribution < 1.29 is 14.4 Å². The van der Waals surface area contributed by atoms with Crippen LogP contribution < -0.4 is 16.4 Å². The van der Waals surface area contributed by atoms with Crippen LogP contribution in [-0.2, 0) is 29.0 Å². The molecule has 9 heteroatoms. The Bertz CT molecular complexity index is 861. The fraction of sp³-hybridized carbons (Fsp3) is 0.421. The molecule has 0 atom stereocenters. The number of rotatable bonds is 9. The third-order valence-electron chi connectivity index (χ3n) is 4.64. The van der Waals surface area contributed by atoms with Gasteiger partial charge in [0.15, 0.2) is 0 Å². The Morgan fingerprint density at radius 3 is 2.68 bits per heavy atom. The molecule has 4 N–H and O–H groups in total. The number of nitrogens with zero attached hydrogens (tertiary/aromatic N) is 1. The SMILES string of the molecule is CCN(CC(=O)NCc1cccs1)CC(=O)Nc1sc2c(c1C(N)=O)CCC2. The Labute approximate surface area is 171 Å². The summed E-state index contributed by atoms with van der Waals surface area (Å²) < 4.78 is 0. The van der Waals surface area contributed by atoms with Crippen molar-refractivity contribution in [3.8, 4) is 0 Å². The number of hydrogen-bond acceptors (Lipinski definition) is 6. The van der Waals surface area contributed by atoms with Gasteiger partial charge >= 0.3 is 0 Å². The van der Waals surface area contributed by atoms with Crippen LogP contribution in [0.1, 0.15) is 39.0 Å². The normalized spacial score (nSPS) is 12.8. The minimum Gasteiger partial charge on any atom is -0.365 e. The molecule has 150 valence electrons. The Kier molecular flexibility index (Phi) is 6.82. The van der Waals surface area contributed by atoms with Crippen LogP contribution in [0.25, 0.3) is 0 Å². The van der Waals surface area contributed by atoms with Crippen LogP contribution in [0, 0.1) is 0 Å². The summed E-state index contributed by atoms with van der Waals surface area (Å²) in [5.74, 6) is -0.888. The van der Waals surface area contributed by atoms with E-state index in [1.165, 1.54) is 11.3 Å². The van der Waals surface area contributed by atoms with Crippen LogP contribution >= 0.6 is 22.7 Å². The van der Waals surface area contributed by atoms with Gasteiger partial charge < -0.3 is 16.4 Å². The molecule has 3 amide bonds. The van der Waals surface area contributed by atoms with E-state index < -0.39 is 5.91 Å². The van der Waals surface area contributed by atoms with Gasteiger partial charge in [0.05, 0.1) is 25.2 Å². The monoisotopic (exact) mass is 420 g/mol. The highest BCUT2D eigenvalue weighted by molar-refractivity contribution is 7.17. The van der Waals surface area contributed by atoms with E-state index in [-0.39, 0.29) is 24.9 Å². The average molecular weight is 421 g/mol. The van der Waals surface area contributed by atoms with E-state index in [0.29, 0.717) is 23.7 Å². The topological polar surface area (TPSA) is 105 Å². The number of likely N-dealkylation sites (N-methyl/N-ethyl adjacent to an activating group) is 1. The van der Waals surface area contributed by atoms with Gasteiger partial charge in [-0.1, -0.05) is 13.0 Å². The van der Waals surface area contributed by atoms with Crippen molar-refractivity contribution >= 4 is 45.4 Å². The van der Waals surface area contributed by atoms with E-state index in [1.807, 2.05) is 24.4 Å². The number of anilines is 1. The van der Waals surface area contributed by atoms with Crippen LogP contribution in [0.3, 0.4) is 0 Å². The summed E-state index contributed by atoms with van der Waals surface area (Å²) in [5.41, 5.74) is 6.96. The quantitative estimate of drug-likeness (QED) is 0.577. The molecule has 3 rings (SSSR count). The van der Waals surface area contributed by atoms with E-state index in [9.17, 15) is 14.4 Å². The zero-order valence-corrected chi connectivity index (χ0v) is 17.4. The molecule has 0 saturated carbocycles. The Hall–Kier alpha value is -2.23. The maximum atomic E-state index is 12.5. The second-order valence-corrected chi connectivity index (χ2v) is 8.77. The zero-order valence-electron chi connectivity index (χ0n) is 15.7. The zero-order chi connectivity index (χ0) is 20.1. The molecule has 7 nitrogen and oxygen atoms in total. The summed E-state index contributed by atoms with van der Waals surface area (Å²) in [6.45, 7) is 3.16. The number of aryl methyl sites for hydroxylation is 1. The third kappa shape index (κ3) is 4.98. The van der Waals surface area contributed by atoms with Gasteiger partial charge in [0.2, 0.25) is 11.8 Å². The second kappa shape index (κ2) is 9.31. The standard InChI is InChI=1S/C19H24N4O3S2/c1-2-23(10-15(24)21-9-12-5-4-8-27-12)11-16(25)22-19-17(18(20)26)13-6-3-7-14(13)28-19/h4-5,8H,2-3,6-7,9-11H2,1H3,(H2,20,26)(H,21,24)(H,22,25). The molecule has 0 fully saturated rings. The second-order valence-electron chi connectivity index (χ2n) is 6.63. The Morgan fingerprint density at radius 2 is 2.00 bits per heavy atom. The molecule has 2 aromatic heterocycles. The van der Waals surface area contributed by atoms with Crippen molar-refractivity contribution in [2.75, 3.05) is 25.0 Å². The third-order valence-corrected chi connectivity index (χ3v) is 6.73. The lowest BCUT2D eigenvalue weighted by Crippen LogP contribution is -2.40. The first kappa shape index (κ1) is 20.5. The molecule has 0 spiro atoms. The predicted octanol–water partition coefficient (Wildman–Crippen LogP) is 1.97. The molecule has 0 aliphatic heterocycles. The summed E-state index contributed by atoms with van der Waals surface area (Å²) in [7, 11) is 0. The fourth-order valence-corrected chi connectivity index (χ4v) is 5.22. The molecule has 2 aromatic rings. The molecule has 0 unspecified atom stereocenters. The summed E-state index contributed by atoms with van der Waals surface area (Å²) >= 11 is 3.02. The van der Waals surface area contributed by atoms with Gasteiger partial charge in [-0.2, -0.15) is 0 Å². The molecular weight excluding hydrogens is 396 g/mol. The van der Waals surface area contributed by atoms with Gasteiger partial charge in [0.25, 0.3) is 5.91 Å². The van der Waals surface area contributed by atoms with Gasteiger partial charge in [-0.05, 0) is 42.8 Å². The number of hydrogen-bond donors (Lipinski definition) is 3. The van der Waals surface area contributed by atoms with Crippen molar-refractivity contribution in [2.24, 2.45) is 5.73 Å². The first-order valence-electron chi connectivity index (χ1n) is 9.23. The average Bonchev–Trinajstić information content (AvgIpc) is 3.36. The van der Waals surface area contributed by atoms with Crippen molar-refractivity contribution in [1.82, 2.24) is 10.2 Å². The van der Waals surface area contributed by atoms with Gasteiger partial charge in [0, 0.05) is 9.75 Å². The minimum absolute atomic E-state index is 0.0731. The molecule has 0 aromatic carbocycles. The lowest BCUT2D eigenvalue weighted by atomic mass is 10.1. The van der Waals surface area contributed by atoms with E-state index in [2.05, 4.69) is 10.6 Å². The summed E-state index contributed by atoms with van der Waals surface area (Å²) in [5, 5.41) is 8.17.